The van der Waals surface area contributed by atoms with Gasteiger partial charge in [-0.05, 0) is 19.3 Å². The lowest BCUT2D eigenvalue weighted by Crippen LogP contribution is -2.45. The molecule has 21 heavy (non-hydrogen) atoms. The number of nitrogens with one attached hydrogen (secondary N) is 2. The SMILES string of the molecule is CCc1cnc(CNC(=O)NCC(CC)(CC)C(=O)O)s1. The second-order valence-electron chi connectivity index (χ2n) is 4.90. The Morgan fingerprint density at radius 1 is 1.29 bits per heavy atom. The van der Waals surface area contributed by atoms with Gasteiger partial charge in [0, 0.05) is 17.6 Å². The summed E-state index contributed by atoms with van der Waals surface area (Å²) in [5.41, 5.74) is -0.895. The van der Waals surface area contributed by atoms with Crippen molar-refractivity contribution in [3.05, 3.63) is 16.1 Å². The van der Waals surface area contributed by atoms with Crippen molar-refractivity contribution in [1.82, 2.24) is 15.6 Å². The highest BCUT2D eigenvalue weighted by atomic mass is 32.1. The summed E-state index contributed by atoms with van der Waals surface area (Å²) in [6, 6.07) is -0.365. The van der Waals surface area contributed by atoms with Gasteiger partial charge in [0.25, 0.3) is 0 Å². The van der Waals surface area contributed by atoms with Gasteiger partial charge < -0.3 is 15.7 Å². The van der Waals surface area contributed by atoms with Crippen LogP contribution in [0.1, 0.15) is 43.5 Å². The minimum absolute atomic E-state index is 0.124. The zero-order chi connectivity index (χ0) is 15.9. The number of carbonyl (C=O) groups is 2. The minimum Gasteiger partial charge on any atom is -0.481 e. The highest BCUT2D eigenvalue weighted by Gasteiger charge is 2.35. The van der Waals surface area contributed by atoms with E-state index in [1.807, 2.05) is 20.0 Å². The summed E-state index contributed by atoms with van der Waals surface area (Å²) in [7, 11) is 0. The monoisotopic (exact) mass is 313 g/mol. The summed E-state index contributed by atoms with van der Waals surface area (Å²) >= 11 is 1.56. The van der Waals surface area contributed by atoms with E-state index in [1.165, 1.54) is 4.88 Å². The number of aromatic nitrogens is 1. The lowest BCUT2D eigenvalue weighted by atomic mass is 9.82. The first kappa shape index (κ1) is 17.4. The first-order valence-electron chi connectivity index (χ1n) is 7.16. The van der Waals surface area contributed by atoms with Gasteiger partial charge in [-0.15, -0.1) is 11.3 Å². The van der Waals surface area contributed by atoms with Crippen LogP contribution in [-0.4, -0.2) is 28.6 Å². The van der Waals surface area contributed by atoms with E-state index in [2.05, 4.69) is 22.5 Å². The average molecular weight is 313 g/mol. The molecule has 1 aromatic rings. The predicted molar refractivity (Wildman–Crippen MR) is 82.4 cm³/mol. The number of carboxylic acids is 1. The Bertz CT molecular complexity index is 484. The first-order valence-corrected chi connectivity index (χ1v) is 7.97. The molecule has 0 bridgehead atoms. The Hall–Kier alpha value is -1.63. The largest absolute Gasteiger partial charge is 0.481 e. The lowest BCUT2D eigenvalue weighted by Gasteiger charge is -2.26. The molecule has 1 heterocycles. The van der Waals surface area contributed by atoms with Crippen LogP contribution in [0.5, 0.6) is 0 Å². The molecule has 0 saturated carbocycles. The Balaban J connectivity index is 2.44. The molecule has 0 aromatic carbocycles. The molecule has 118 valence electrons. The smallest absolute Gasteiger partial charge is 0.315 e. The number of hydrogen-bond donors (Lipinski definition) is 3. The number of amides is 2. The fourth-order valence-electron chi connectivity index (χ4n) is 1.94. The standard InChI is InChI=1S/C14H23N3O3S/c1-4-10-7-15-11(21-10)8-16-13(20)17-9-14(5-2,6-3)12(18)19/h7H,4-6,8-9H2,1-3H3,(H,18,19)(H2,16,17,20). The van der Waals surface area contributed by atoms with Crippen LogP contribution in [0.4, 0.5) is 4.79 Å². The molecule has 1 aromatic heterocycles. The summed E-state index contributed by atoms with van der Waals surface area (Å²) in [4.78, 5) is 28.5. The molecule has 0 radical (unpaired) electrons. The van der Waals surface area contributed by atoms with E-state index in [1.54, 1.807) is 11.3 Å². The second-order valence-corrected chi connectivity index (χ2v) is 6.10. The number of urea groups is 1. The van der Waals surface area contributed by atoms with Crippen LogP contribution in [-0.2, 0) is 17.8 Å². The molecule has 2 amide bonds. The van der Waals surface area contributed by atoms with Crippen LogP contribution in [0.15, 0.2) is 6.20 Å². The summed E-state index contributed by atoms with van der Waals surface area (Å²) in [6.07, 6.45) is 3.69. The normalized spacial score (nSPS) is 11.2. The number of carbonyl (C=O) groups excluding carboxylic acids is 1. The number of nitrogens with zero attached hydrogens (tertiary/aromatic N) is 1. The second kappa shape index (κ2) is 7.97. The van der Waals surface area contributed by atoms with E-state index < -0.39 is 11.4 Å². The molecule has 0 unspecified atom stereocenters. The molecule has 1 rings (SSSR count). The Kier molecular flexibility index (Phi) is 6.61. The molecule has 0 aliphatic rings. The van der Waals surface area contributed by atoms with Gasteiger partial charge in [-0.2, -0.15) is 0 Å². The van der Waals surface area contributed by atoms with Gasteiger partial charge in [-0.1, -0.05) is 20.8 Å². The molecule has 3 N–H and O–H groups in total. The zero-order valence-electron chi connectivity index (χ0n) is 12.7. The third-order valence-electron chi connectivity index (χ3n) is 3.74. The number of hydrogen-bond acceptors (Lipinski definition) is 4. The fraction of sp³-hybridized carbons (Fsp3) is 0.643. The topological polar surface area (TPSA) is 91.3 Å². The number of aliphatic carboxylic acids is 1. The molecule has 0 fully saturated rings. The summed E-state index contributed by atoms with van der Waals surface area (Å²) in [5.74, 6) is -0.875. The van der Waals surface area contributed by atoms with E-state index >= 15 is 0 Å². The van der Waals surface area contributed by atoms with Crippen LogP contribution in [0.3, 0.4) is 0 Å². The Morgan fingerprint density at radius 2 is 1.95 bits per heavy atom. The lowest BCUT2D eigenvalue weighted by molar-refractivity contribution is -0.149. The van der Waals surface area contributed by atoms with Crippen LogP contribution < -0.4 is 10.6 Å². The third kappa shape index (κ3) is 4.70. The van der Waals surface area contributed by atoms with Crippen molar-refractivity contribution in [2.45, 2.75) is 46.6 Å². The van der Waals surface area contributed by atoms with Gasteiger partial charge in [0.1, 0.15) is 5.01 Å². The maximum absolute atomic E-state index is 11.8. The van der Waals surface area contributed by atoms with Gasteiger partial charge in [0.05, 0.1) is 12.0 Å². The number of rotatable bonds is 8. The maximum Gasteiger partial charge on any atom is 0.315 e. The molecule has 7 heteroatoms. The van der Waals surface area contributed by atoms with Crippen molar-refractivity contribution in [3.63, 3.8) is 0 Å². The number of carboxylic acid groups (broad SMARTS) is 1. The quantitative estimate of drug-likeness (QED) is 0.687. The predicted octanol–water partition coefficient (Wildman–Crippen LogP) is 2.40. The van der Waals surface area contributed by atoms with Crippen molar-refractivity contribution in [3.8, 4) is 0 Å². The summed E-state index contributed by atoms with van der Waals surface area (Å²) < 4.78 is 0. The van der Waals surface area contributed by atoms with Gasteiger partial charge in [0.15, 0.2) is 0 Å². The van der Waals surface area contributed by atoms with Gasteiger partial charge >= 0.3 is 12.0 Å². The molecule has 0 atom stereocenters. The highest BCUT2D eigenvalue weighted by molar-refractivity contribution is 7.11. The average Bonchev–Trinajstić information content (AvgIpc) is 2.94. The molecular formula is C14H23N3O3S. The van der Waals surface area contributed by atoms with E-state index in [0.717, 1.165) is 11.4 Å². The summed E-state index contributed by atoms with van der Waals surface area (Å²) in [5, 5.41) is 15.5. The van der Waals surface area contributed by atoms with Crippen molar-refractivity contribution >= 4 is 23.3 Å². The Labute approximate surface area is 129 Å². The van der Waals surface area contributed by atoms with E-state index in [-0.39, 0.29) is 12.6 Å². The van der Waals surface area contributed by atoms with E-state index in [0.29, 0.717) is 19.4 Å². The van der Waals surface area contributed by atoms with Crippen molar-refractivity contribution in [2.75, 3.05) is 6.54 Å². The highest BCUT2D eigenvalue weighted by Crippen LogP contribution is 2.25. The van der Waals surface area contributed by atoms with E-state index in [4.69, 9.17) is 0 Å². The molecular weight excluding hydrogens is 290 g/mol. The van der Waals surface area contributed by atoms with Crippen molar-refractivity contribution < 1.29 is 14.7 Å². The minimum atomic E-state index is -0.895. The molecule has 6 nitrogen and oxygen atoms in total. The maximum atomic E-state index is 11.8. The van der Waals surface area contributed by atoms with Crippen molar-refractivity contribution in [2.24, 2.45) is 5.41 Å². The van der Waals surface area contributed by atoms with Gasteiger partial charge in [0.2, 0.25) is 0 Å². The number of thiazole rings is 1. The van der Waals surface area contributed by atoms with E-state index in [9.17, 15) is 14.7 Å². The molecule has 0 aliphatic heterocycles. The van der Waals surface area contributed by atoms with Crippen LogP contribution in [0, 0.1) is 5.41 Å². The summed E-state index contributed by atoms with van der Waals surface area (Å²) in [6.45, 7) is 6.17. The van der Waals surface area contributed by atoms with Crippen molar-refractivity contribution in [1.29, 1.82) is 0 Å². The molecule has 0 aliphatic carbocycles. The first-order chi connectivity index (χ1) is 9.97. The van der Waals surface area contributed by atoms with Gasteiger partial charge in [-0.3, -0.25) is 4.79 Å². The van der Waals surface area contributed by atoms with Crippen LogP contribution in [0.25, 0.3) is 0 Å². The fourth-order valence-corrected chi connectivity index (χ4v) is 2.74. The zero-order valence-corrected chi connectivity index (χ0v) is 13.5. The van der Waals surface area contributed by atoms with Gasteiger partial charge in [-0.25, -0.2) is 9.78 Å². The third-order valence-corrected chi connectivity index (χ3v) is 4.89. The molecule has 0 saturated heterocycles. The molecule has 0 spiro atoms. The number of aryl methyl sites for hydroxylation is 1. The Morgan fingerprint density at radius 3 is 2.43 bits per heavy atom. The van der Waals surface area contributed by atoms with Crippen LogP contribution in [0.2, 0.25) is 0 Å². The van der Waals surface area contributed by atoms with Crippen LogP contribution >= 0.6 is 11.3 Å².